The van der Waals surface area contributed by atoms with Gasteiger partial charge >= 0.3 is 6.36 Å². The van der Waals surface area contributed by atoms with Crippen LogP contribution >= 0.6 is 24.0 Å². The molecule has 5 nitrogen and oxygen atoms in total. The van der Waals surface area contributed by atoms with Crippen LogP contribution in [0.15, 0.2) is 29.3 Å². The van der Waals surface area contributed by atoms with Crippen molar-refractivity contribution in [1.29, 1.82) is 0 Å². The lowest BCUT2D eigenvalue weighted by Gasteiger charge is -2.21. The minimum Gasteiger partial charge on any atom is -0.406 e. The van der Waals surface area contributed by atoms with Gasteiger partial charge in [0.15, 0.2) is 5.96 Å². The van der Waals surface area contributed by atoms with E-state index in [1.807, 2.05) is 0 Å². The van der Waals surface area contributed by atoms with Crippen molar-refractivity contribution in [1.82, 2.24) is 10.2 Å². The molecule has 1 aromatic carbocycles. The van der Waals surface area contributed by atoms with E-state index >= 15 is 0 Å². The van der Waals surface area contributed by atoms with Crippen molar-refractivity contribution in [2.75, 3.05) is 40.4 Å². The second kappa shape index (κ2) is 10.8. The van der Waals surface area contributed by atoms with E-state index in [4.69, 9.17) is 4.74 Å². The number of methoxy groups -OCH3 is 1. The summed E-state index contributed by atoms with van der Waals surface area (Å²) >= 11 is 0. The van der Waals surface area contributed by atoms with Gasteiger partial charge in [-0.05, 0) is 30.5 Å². The molecule has 0 spiro atoms. The van der Waals surface area contributed by atoms with Crippen LogP contribution in [0.5, 0.6) is 5.75 Å². The summed E-state index contributed by atoms with van der Waals surface area (Å²) in [7, 11) is 3.45. The molecule has 1 heterocycles. The first-order valence-electron chi connectivity index (χ1n) is 8.20. The maximum atomic E-state index is 12.1. The van der Waals surface area contributed by atoms with E-state index in [2.05, 4.69) is 19.9 Å². The number of ether oxygens (including phenoxy) is 2. The third-order valence-corrected chi connectivity index (χ3v) is 4.05. The molecule has 0 bridgehead atoms. The highest BCUT2D eigenvalue weighted by atomic mass is 127. The summed E-state index contributed by atoms with van der Waals surface area (Å²) in [6.07, 6.45) is -2.90. The topological polar surface area (TPSA) is 46.1 Å². The predicted octanol–water partition coefficient (Wildman–Crippen LogP) is 3.29. The van der Waals surface area contributed by atoms with Gasteiger partial charge in [0.1, 0.15) is 5.75 Å². The standard InChI is InChI=1S/C17H24F3N3O2.HI/c1-21-16(23-10-8-14(11-23)12-24-2)22-9-7-13-3-5-15(6-4-13)25-17(18,19)20;/h3-6,14H,7-12H2,1-2H3,(H,21,22);1H. The van der Waals surface area contributed by atoms with Gasteiger partial charge in [-0.2, -0.15) is 0 Å². The lowest BCUT2D eigenvalue weighted by atomic mass is 10.1. The van der Waals surface area contributed by atoms with Crippen LogP contribution in [-0.4, -0.2) is 57.6 Å². The zero-order valence-corrected chi connectivity index (χ0v) is 17.2. The number of likely N-dealkylation sites (tertiary alicyclic amines) is 1. The Hall–Kier alpha value is -1.23. The molecule has 1 atom stereocenters. The second-order valence-electron chi connectivity index (χ2n) is 5.97. The molecule has 0 radical (unpaired) electrons. The van der Waals surface area contributed by atoms with Crippen LogP contribution in [-0.2, 0) is 11.2 Å². The van der Waals surface area contributed by atoms with Crippen LogP contribution in [0.1, 0.15) is 12.0 Å². The normalized spacial score (nSPS) is 17.8. The molecule has 2 rings (SSSR count). The summed E-state index contributed by atoms with van der Waals surface area (Å²) < 4.78 is 45.5. The Morgan fingerprint density at radius 1 is 1.31 bits per heavy atom. The number of halogens is 4. The van der Waals surface area contributed by atoms with Crippen molar-refractivity contribution < 1.29 is 22.6 Å². The smallest absolute Gasteiger partial charge is 0.406 e. The molecular weight excluding hydrogens is 462 g/mol. The van der Waals surface area contributed by atoms with Crippen molar-refractivity contribution in [3.8, 4) is 5.75 Å². The van der Waals surface area contributed by atoms with Crippen molar-refractivity contribution in [3.63, 3.8) is 0 Å². The molecule has 26 heavy (non-hydrogen) atoms. The van der Waals surface area contributed by atoms with E-state index in [0.29, 0.717) is 18.9 Å². The SMILES string of the molecule is CN=C(NCCc1ccc(OC(F)(F)F)cc1)N1CCC(COC)C1.I. The molecule has 9 heteroatoms. The molecule has 1 fully saturated rings. The monoisotopic (exact) mass is 487 g/mol. The quantitative estimate of drug-likeness (QED) is 0.380. The van der Waals surface area contributed by atoms with E-state index < -0.39 is 6.36 Å². The molecule has 1 unspecified atom stereocenters. The fraction of sp³-hybridized carbons (Fsp3) is 0.588. The van der Waals surface area contributed by atoms with Crippen LogP contribution in [0.3, 0.4) is 0 Å². The van der Waals surface area contributed by atoms with E-state index in [9.17, 15) is 13.2 Å². The van der Waals surface area contributed by atoms with Crippen LogP contribution in [0.25, 0.3) is 0 Å². The lowest BCUT2D eigenvalue weighted by molar-refractivity contribution is -0.274. The molecule has 0 amide bonds. The number of alkyl halides is 3. The number of nitrogens with zero attached hydrogens (tertiary/aromatic N) is 2. The largest absolute Gasteiger partial charge is 0.573 e. The van der Waals surface area contributed by atoms with Gasteiger partial charge < -0.3 is 19.7 Å². The van der Waals surface area contributed by atoms with Gasteiger partial charge in [0.05, 0.1) is 6.61 Å². The molecule has 0 aliphatic carbocycles. The Balaban J connectivity index is 0.00000338. The first kappa shape index (κ1) is 22.8. The fourth-order valence-corrected chi connectivity index (χ4v) is 2.91. The highest BCUT2D eigenvalue weighted by molar-refractivity contribution is 14.0. The summed E-state index contributed by atoms with van der Waals surface area (Å²) in [5.74, 6) is 1.15. The van der Waals surface area contributed by atoms with E-state index in [1.165, 1.54) is 12.1 Å². The summed E-state index contributed by atoms with van der Waals surface area (Å²) in [5, 5.41) is 3.30. The number of rotatable bonds is 6. The second-order valence-corrected chi connectivity index (χ2v) is 5.97. The number of hydrogen-bond acceptors (Lipinski definition) is 3. The van der Waals surface area contributed by atoms with Crippen molar-refractivity contribution in [2.24, 2.45) is 10.9 Å². The predicted molar refractivity (Wildman–Crippen MR) is 105 cm³/mol. The van der Waals surface area contributed by atoms with E-state index in [1.54, 1.807) is 26.3 Å². The third-order valence-electron chi connectivity index (χ3n) is 4.05. The van der Waals surface area contributed by atoms with Crippen LogP contribution < -0.4 is 10.1 Å². The van der Waals surface area contributed by atoms with Gasteiger partial charge in [0.25, 0.3) is 0 Å². The molecule has 1 aliphatic rings. The van der Waals surface area contributed by atoms with Gasteiger partial charge in [-0.25, -0.2) is 0 Å². The van der Waals surface area contributed by atoms with Crippen molar-refractivity contribution in [3.05, 3.63) is 29.8 Å². The molecule has 1 aromatic rings. The van der Waals surface area contributed by atoms with Crippen LogP contribution in [0.2, 0.25) is 0 Å². The first-order valence-corrected chi connectivity index (χ1v) is 8.20. The average molecular weight is 487 g/mol. The van der Waals surface area contributed by atoms with Gasteiger partial charge in [0, 0.05) is 39.7 Å². The molecule has 1 aliphatic heterocycles. The number of hydrogen-bond donors (Lipinski definition) is 1. The summed E-state index contributed by atoms with van der Waals surface area (Å²) in [6, 6.07) is 5.92. The van der Waals surface area contributed by atoms with E-state index in [0.717, 1.165) is 37.6 Å². The van der Waals surface area contributed by atoms with Crippen molar-refractivity contribution >= 4 is 29.9 Å². The summed E-state index contributed by atoms with van der Waals surface area (Å²) in [5.41, 5.74) is 0.927. The summed E-state index contributed by atoms with van der Waals surface area (Å²) in [4.78, 5) is 6.49. The third kappa shape index (κ3) is 7.56. The maximum absolute atomic E-state index is 12.1. The Bertz CT molecular complexity index is 567. The minimum absolute atomic E-state index is 0. The minimum atomic E-state index is -4.66. The zero-order valence-electron chi connectivity index (χ0n) is 14.9. The van der Waals surface area contributed by atoms with E-state index in [-0.39, 0.29) is 29.7 Å². The van der Waals surface area contributed by atoms with Gasteiger partial charge in [0.2, 0.25) is 0 Å². The number of nitrogens with one attached hydrogen (secondary N) is 1. The Morgan fingerprint density at radius 2 is 2.00 bits per heavy atom. The Kier molecular flexibility index (Phi) is 9.48. The number of benzene rings is 1. The number of aliphatic imine (C=N–C) groups is 1. The maximum Gasteiger partial charge on any atom is 0.573 e. The highest BCUT2D eigenvalue weighted by Gasteiger charge is 2.31. The molecule has 1 N–H and O–H groups in total. The van der Waals surface area contributed by atoms with Gasteiger partial charge in [-0.3, -0.25) is 4.99 Å². The zero-order chi connectivity index (χ0) is 18.3. The Morgan fingerprint density at radius 3 is 2.58 bits per heavy atom. The summed E-state index contributed by atoms with van der Waals surface area (Å²) in [6.45, 7) is 3.26. The Labute approximate surface area is 169 Å². The number of guanidine groups is 1. The van der Waals surface area contributed by atoms with Crippen LogP contribution in [0.4, 0.5) is 13.2 Å². The van der Waals surface area contributed by atoms with Gasteiger partial charge in [-0.1, -0.05) is 12.1 Å². The molecular formula is C17H25F3IN3O2. The fourth-order valence-electron chi connectivity index (χ4n) is 2.91. The average Bonchev–Trinajstić information content (AvgIpc) is 3.00. The molecule has 148 valence electrons. The highest BCUT2D eigenvalue weighted by Crippen LogP contribution is 2.22. The molecule has 0 aromatic heterocycles. The first-order chi connectivity index (χ1) is 11.9. The molecule has 1 saturated heterocycles. The van der Waals surface area contributed by atoms with Crippen molar-refractivity contribution in [2.45, 2.75) is 19.2 Å². The molecule has 0 saturated carbocycles. The van der Waals surface area contributed by atoms with Gasteiger partial charge in [-0.15, -0.1) is 37.1 Å². The van der Waals surface area contributed by atoms with Crippen LogP contribution in [0, 0.1) is 5.92 Å². The lowest BCUT2D eigenvalue weighted by Crippen LogP contribution is -2.41.